The Hall–Kier alpha value is -2.17. The van der Waals surface area contributed by atoms with Gasteiger partial charge in [-0.3, -0.25) is 0 Å². The summed E-state index contributed by atoms with van der Waals surface area (Å²) in [6, 6.07) is 8.60. The minimum absolute atomic E-state index is 0.187. The summed E-state index contributed by atoms with van der Waals surface area (Å²) in [5, 5.41) is 3.30. The molecule has 1 aromatic heterocycles. The SMILES string of the molecule is Cc1ccnc(NCC2CCN(c3ccc(F)cc3)C2)n1. The van der Waals surface area contributed by atoms with Crippen LogP contribution in [0.4, 0.5) is 16.0 Å². The molecule has 110 valence electrons. The molecular weight excluding hydrogens is 267 g/mol. The van der Waals surface area contributed by atoms with E-state index in [1.165, 1.54) is 12.1 Å². The molecule has 0 spiro atoms. The fourth-order valence-corrected chi connectivity index (χ4v) is 2.66. The fraction of sp³-hybridized carbons (Fsp3) is 0.375. The van der Waals surface area contributed by atoms with Crippen molar-refractivity contribution in [2.24, 2.45) is 5.92 Å². The smallest absolute Gasteiger partial charge is 0.222 e. The molecule has 1 saturated heterocycles. The van der Waals surface area contributed by atoms with Crippen LogP contribution in [-0.4, -0.2) is 29.6 Å². The molecule has 1 atom stereocenters. The van der Waals surface area contributed by atoms with E-state index in [0.29, 0.717) is 11.9 Å². The first-order chi connectivity index (χ1) is 10.2. The molecule has 4 nitrogen and oxygen atoms in total. The lowest BCUT2D eigenvalue weighted by Gasteiger charge is -2.18. The van der Waals surface area contributed by atoms with Crippen molar-refractivity contribution in [2.45, 2.75) is 13.3 Å². The average molecular weight is 286 g/mol. The van der Waals surface area contributed by atoms with Crippen LogP contribution >= 0.6 is 0 Å². The molecule has 1 fully saturated rings. The molecule has 0 saturated carbocycles. The highest BCUT2D eigenvalue weighted by Gasteiger charge is 2.22. The normalized spacial score (nSPS) is 18.0. The maximum absolute atomic E-state index is 12.9. The predicted octanol–water partition coefficient (Wildman–Crippen LogP) is 2.86. The maximum atomic E-state index is 12.9. The second kappa shape index (κ2) is 6.08. The van der Waals surface area contributed by atoms with Crippen molar-refractivity contribution in [1.29, 1.82) is 0 Å². The van der Waals surface area contributed by atoms with Gasteiger partial charge in [-0.05, 0) is 49.6 Å². The Morgan fingerprint density at radius 3 is 2.86 bits per heavy atom. The topological polar surface area (TPSA) is 41.1 Å². The zero-order valence-electron chi connectivity index (χ0n) is 12.1. The fourth-order valence-electron chi connectivity index (χ4n) is 2.66. The number of hydrogen-bond acceptors (Lipinski definition) is 4. The molecule has 21 heavy (non-hydrogen) atoms. The monoisotopic (exact) mass is 286 g/mol. The third kappa shape index (κ3) is 3.48. The molecule has 2 aromatic rings. The van der Waals surface area contributed by atoms with Gasteiger partial charge in [-0.15, -0.1) is 0 Å². The maximum Gasteiger partial charge on any atom is 0.222 e. The van der Waals surface area contributed by atoms with E-state index in [-0.39, 0.29) is 5.82 Å². The first-order valence-corrected chi connectivity index (χ1v) is 7.25. The summed E-state index contributed by atoms with van der Waals surface area (Å²) in [7, 11) is 0. The van der Waals surface area contributed by atoms with E-state index in [4.69, 9.17) is 0 Å². The van der Waals surface area contributed by atoms with E-state index < -0.39 is 0 Å². The first-order valence-electron chi connectivity index (χ1n) is 7.25. The number of rotatable bonds is 4. The lowest BCUT2D eigenvalue weighted by Crippen LogP contribution is -2.22. The van der Waals surface area contributed by atoms with Crippen molar-refractivity contribution in [1.82, 2.24) is 9.97 Å². The van der Waals surface area contributed by atoms with E-state index in [2.05, 4.69) is 20.2 Å². The molecule has 1 N–H and O–H groups in total. The standard InChI is InChI=1S/C16H19FN4/c1-12-6-8-18-16(20-12)19-10-13-7-9-21(11-13)15-4-2-14(17)3-5-15/h2-6,8,13H,7,9-11H2,1H3,(H,18,19,20). The van der Waals surface area contributed by atoms with Gasteiger partial charge in [-0.1, -0.05) is 0 Å². The van der Waals surface area contributed by atoms with Crippen molar-refractivity contribution in [3.8, 4) is 0 Å². The van der Waals surface area contributed by atoms with Gasteiger partial charge in [0.25, 0.3) is 0 Å². The third-order valence-electron chi connectivity index (χ3n) is 3.82. The van der Waals surface area contributed by atoms with Gasteiger partial charge >= 0.3 is 0 Å². The highest BCUT2D eigenvalue weighted by atomic mass is 19.1. The highest BCUT2D eigenvalue weighted by molar-refractivity contribution is 5.47. The molecule has 0 bridgehead atoms. The van der Waals surface area contributed by atoms with Crippen LogP contribution in [0.1, 0.15) is 12.1 Å². The second-order valence-corrected chi connectivity index (χ2v) is 5.48. The minimum Gasteiger partial charge on any atom is -0.371 e. The lowest BCUT2D eigenvalue weighted by molar-refractivity contribution is 0.619. The number of benzene rings is 1. The Bertz CT molecular complexity index is 599. The first kappa shape index (κ1) is 13.8. The van der Waals surface area contributed by atoms with Crippen molar-refractivity contribution in [3.05, 3.63) is 48.0 Å². The summed E-state index contributed by atoms with van der Waals surface area (Å²) in [6.45, 7) is 4.80. The molecule has 3 rings (SSSR count). The molecular formula is C16H19FN4. The van der Waals surface area contributed by atoms with E-state index in [1.807, 2.05) is 25.1 Å². The van der Waals surface area contributed by atoms with Gasteiger partial charge in [0.1, 0.15) is 5.82 Å². The van der Waals surface area contributed by atoms with Crippen LogP contribution in [0.2, 0.25) is 0 Å². The Kier molecular flexibility index (Phi) is 3.99. The number of anilines is 2. The van der Waals surface area contributed by atoms with E-state index in [1.54, 1.807) is 6.20 Å². The molecule has 0 amide bonds. The average Bonchev–Trinajstić information content (AvgIpc) is 2.95. The van der Waals surface area contributed by atoms with Gasteiger partial charge in [0, 0.05) is 37.2 Å². The highest BCUT2D eigenvalue weighted by Crippen LogP contribution is 2.24. The van der Waals surface area contributed by atoms with Crippen molar-refractivity contribution >= 4 is 11.6 Å². The minimum atomic E-state index is -0.187. The van der Waals surface area contributed by atoms with Gasteiger partial charge in [-0.2, -0.15) is 0 Å². The number of aryl methyl sites for hydroxylation is 1. The zero-order valence-corrected chi connectivity index (χ0v) is 12.1. The number of halogens is 1. The Labute approximate surface area is 124 Å². The third-order valence-corrected chi connectivity index (χ3v) is 3.82. The summed E-state index contributed by atoms with van der Waals surface area (Å²) >= 11 is 0. The number of nitrogens with zero attached hydrogens (tertiary/aromatic N) is 3. The molecule has 1 aliphatic heterocycles. The van der Waals surface area contributed by atoms with Crippen LogP contribution in [-0.2, 0) is 0 Å². The van der Waals surface area contributed by atoms with E-state index in [9.17, 15) is 4.39 Å². The van der Waals surface area contributed by atoms with Gasteiger partial charge in [0.15, 0.2) is 0 Å². The zero-order chi connectivity index (χ0) is 14.7. The van der Waals surface area contributed by atoms with E-state index >= 15 is 0 Å². The lowest BCUT2D eigenvalue weighted by atomic mass is 10.1. The predicted molar refractivity (Wildman–Crippen MR) is 82.0 cm³/mol. The second-order valence-electron chi connectivity index (χ2n) is 5.48. The van der Waals surface area contributed by atoms with Crippen molar-refractivity contribution in [3.63, 3.8) is 0 Å². The van der Waals surface area contributed by atoms with Crippen molar-refractivity contribution in [2.75, 3.05) is 29.9 Å². The van der Waals surface area contributed by atoms with Gasteiger partial charge in [-0.25, -0.2) is 14.4 Å². The van der Waals surface area contributed by atoms with Gasteiger partial charge in [0.2, 0.25) is 5.95 Å². The molecule has 5 heteroatoms. The molecule has 1 aliphatic rings. The number of nitrogens with one attached hydrogen (secondary N) is 1. The Morgan fingerprint density at radius 1 is 1.29 bits per heavy atom. The quantitative estimate of drug-likeness (QED) is 0.938. The summed E-state index contributed by atoms with van der Waals surface area (Å²) in [5.41, 5.74) is 2.05. The molecule has 1 aromatic carbocycles. The molecule has 1 unspecified atom stereocenters. The molecule has 0 radical (unpaired) electrons. The molecule has 2 heterocycles. The van der Waals surface area contributed by atoms with Crippen LogP contribution in [0.15, 0.2) is 36.5 Å². The van der Waals surface area contributed by atoms with Crippen LogP contribution in [0, 0.1) is 18.7 Å². The van der Waals surface area contributed by atoms with Crippen LogP contribution in [0.25, 0.3) is 0 Å². The summed E-state index contributed by atoms with van der Waals surface area (Å²) in [6.07, 6.45) is 2.89. The van der Waals surface area contributed by atoms with Crippen molar-refractivity contribution < 1.29 is 4.39 Å². The van der Waals surface area contributed by atoms with Gasteiger partial charge < -0.3 is 10.2 Å². The summed E-state index contributed by atoms with van der Waals surface area (Å²) in [5.74, 6) is 1.06. The van der Waals surface area contributed by atoms with Crippen LogP contribution < -0.4 is 10.2 Å². The molecule has 0 aliphatic carbocycles. The summed E-state index contributed by atoms with van der Waals surface area (Å²) in [4.78, 5) is 10.8. The Morgan fingerprint density at radius 2 is 2.10 bits per heavy atom. The largest absolute Gasteiger partial charge is 0.371 e. The van der Waals surface area contributed by atoms with Crippen LogP contribution in [0.5, 0.6) is 0 Å². The number of aromatic nitrogens is 2. The number of hydrogen-bond donors (Lipinski definition) is 1. The Balaban J connectivity index is 1.54. The van der Waals surface area contributed by atoms with E-state index in [0.717, 1.165) is 37.4 Å². The summed E-state index contributed by atoms with van der Waals surface area (Å²) < 4.78 is 12.9. The van der Waals surface area contributed by atoms with Crippen LogP contribution in [0.3, 0.4) is 0 Å². The van der Waals surface area contributed by atoms with Gasteiger partial charge in [0.05, 0.1) is 0 Å².